The maximum atomic E-state index is 12.3. The van der Waals surface area contributed by atoms with Gasteiger partial charge in [-0.05, 0) is 25.8 Å². The number of nitrogens with one attached hydrogen (secondary N) is 1. The molecule has 1 aromatic carbocycles. The summed E-state index contributed by atoms with van der Waals surface area (Å²) < 4.78 is 0. The van der Waals surface area contributed by atoms with Gasteiger partial charge in [0.25, 0.3) is 0 Å². The highest BCUT2D eigenvalue weighted by Crippen LogP contribution is 2.18. The minimum absolute atomic E-state index is 0.102. The number of aliphatic hydroxyl groups is 1. The fourth-order valence-electron chi connectivity index (χ4n) is 3.54. The van der Waals surface area contributed by atoms with Crippen molar-refractivity contribution in [1.82, 2.24) is 15.1 Å². The smallest absolute Gasteiger partial charge is 0.234 e. The Kier molecular flexibility index (Phi) is 7.88. The van der Waals surface area contributed by atoms with Gasteiger partial charge in [0.05, 0.1) is 12.6 Å². The van der Waals surface area contributed by atoms with E-state index in [9.17, 15) is 9.90 Å². The summed E-state index contributed by atoms with van der Waals surface area (Å²) in [4.78, 5) is 16.8. The number of benzene rings is 1. The molecule has 5 heteroatoms. The average Bonchev–Trinajstić information content (AvgIpc) is 2.58. The largest absolute Gasteiger partial charge is 0.392 e. The molecule has 1 amide bonds. The van der Waals surface area contributed by atoms with Gasteiger partial charge in [0, 0.05) is 44.7 Å². The lowest BCUT2D eigenvalue weighted by Crippen LogP contribution is -2.55. The number of aliphatic hydroxyl groups excluding tert-OH is 1. The van der Waals surface area contributed by atoms with E-state index in [0.29, 0.717) is 31.6 Å². The molecule has 1 heterocycles. The summed E-state index contributed by atoms with van der Waals surface area (Å²) in [6.45, 7) is 10.6. The highest BCUT2D eigenvalue weighted by atomic mass is 16.3. The van der Waals surface area contributed by atoms with Gasteiger partial charge in [-0.15, -0.1) is 0 Å². The molecule has 3 atom stereocenters. The number of hydrogen-bond acceptors (Lipinski definition) is 4. The van der Waals surface area contributed by atoms with E-state index in [1.807, 2.05) is 25.1 Å². The first-order valence-corrected chi connectivity index (χ1v) is 9.45. The summed E-state index contributed by atoms with van der Waals surface area (Å²) in [6.07, 6.45) is 0.709. The molecule has 2 N–H and O–H groups in total. The monoisotopic (exact) mass is 347 g/mol. The van der Waals surface area contributed by atoms with Crippen LogP contribution in [0, 0.1) is 0 Å². The third kappa shape index (κ3) is 6.42. The third-order valence-electron chi connectivity index (χ3n) is 5.02. The number of piperazine rings is 1. The van der Waals surface area contributed by atoms with Gasteiger partial charge < -0.3 is 10.4 Å². The molecule has 1 aliphatic heterocycles. The predicted molar refractivity (Wildman–Crippen MR) is 102 cm³/mol. The minimum atomic E-state index is -0.304. The summed E-state index contributed by atoms with van der Waals surface area (Å²) in [6, 6.07) is 10.7. The average molecular weight is 348 g/mol. The number of rotatable bonds is 8. The van der Waals surface area contributed by atoms with Gasteiger partial charge in [-0.3, -0.25) is 14.6 Å². The van der Waals surface area contributed by atoms with Crippen LogP contribution in [0.4, 0.5) is 0 Å². The number of nitrogens with zero attached hydrogens (tertiary/aromatic N) is 2. The molecule has 0 saturated carbocycles. The van der Waals surface area contributed by atoms with Crippen LogP contribution in [0.3, 0.4) is 0 Å². The molecule has 0 aliphatic carbocycles. The standard InChI is InChI=1S/C20H33N3O2/c1-4-18(19-8-6-5-7-9-19)12-21-20(25)15-22-10-11-23(14-17(3)24)16(2)13-22/h5-9,16-18,24H,4,10-15H2,1-3H3,(H,21,25)/t16-,17-,18+/m0/s1. The van der Waals surface area contributed by atoms with Crippen LogP contribution >= 0.6 is 0 Å². The molecule has 0 radical (unpaired) electrons. The molecular weight excluding hydrogens is 314 g/mol. The quantitative estimate of drug-likeness (QED) is 0.751. The number of carbonyl (C=O) groups excluding carboxylic acids is 1. The zero-order valence-electron chi connectivity index (χ0n) is 15.8. The number of carbonyl (C=O) groups is 1. The van der Waals surface area contributed by atoms with E-state index in [1.54, 1.807) is 0 Å². The van der Waals surface area contributed by atoms with Crippen LogP contribution in [0.1, 0.15) is 38.7 Å². The molecule has 1 aromatic rings. The molecule has 0 spiro atoms. The van der Waals surface area contributed by atoms with Crippen molar-refractivity contribution in [2.45, 2.75) is 45.3 Å². The van der Waals surface area contributed by atoms with Crippen molar-refractivity contribution in [3.8, 4) is 0 Å². The van der Waals surface area contributed by atoms with Crippen molar-refractivity contribution in [2.75, 3.05) is 39.3 Å². The van der Waals surface area contributed by atoms with Crippen LogP contribution in [0.5, 0.6) is 0 Å². The number of hydrogen-bond donors (Lipinski definition) is 2. The summed E-state index contributed by atoms with van der Waals surface area (Å²) in [5.41, 5.74) is 1.28. The predicted octanol–water partition coefficient (Wildman–Crippen LogP) is 1.68. The second kappa shape index (κ2) is 9.90. The molecule has 2 rings (SSSR count). The Morgan fingerprint density at radius 2 is 2.04 bits per heavy atom. The van der Waals surface area contributed by atoms with E-state index in [1.165, 1.54) is 5.56 Å². The Balaban J connectivity index is 1.75. The third-order valence-corrected chi connectivity index (χ3v) is 5.02. The van der Waals surface area contributed by atoms with Gasteiger partial charge in [-0.25, -0.2) is 0 Å². The number of β-amino-alcohol motifs (C(OH)–C–C–N with tert-alkyl or cyclic N) is 1. The Bertz CT molecular complexity index is 521. The van der Waals surface area contributed by atoms with Crippen LogP contribution in [-0.4, -0.2) is 72.2 Å². The van der Waals surface area contributed by atoms with Crippen LogP contribution in [0.2, 0.25) is 0 Å². The molecule has 1 saturated heterocycles. The van der Waals surface area contributed by atoms with E-state index in [-0.39, 0.29) is 12.0 Å². The van der Waals surface area contributed by atoms with Crippen LogP contribution in [0.15, 0.2) is 30.3 Å². The Morgan fingerprint density at radius 3 is 2.64 bits per heavy atom. The fraction of sp³-hybridized carbons (Fsp3) is 0.650. The SMILES string of the molecule is CC[C@H](CNC(=O)CN1CCN(C[C@H](C)O)[C@@H](C)C1)c1ccccc1. The van der Waals surface area contributed by atoms with Crippen LogP contribution < -0.4 is 5.32 Å². The Morgan fingerprint density at radius 1 is 1.32 bits per heavy atom. The van der Waals surface area contributed by atoms with E-state index in [2.05, 4.69) is 41.1 Å². The van der Waals surface area contributed by atoms with Crippen LogP contribution in [0.25, 0.3) is 0 Å². The summed E-state index contributed by atoms with van der Waals surface area (Å²) in [7, 11) is 0. The maximum absolute atomic E-state index is 12.3. The zero-order valence-corrected chi connectivity index (χ0v) is 15.8. The van der Waals surface area contributed by atoms with Gasteiger partial charge in [-0.2, -0.15) is 0 Å². The van der Waals surface area contributed by atoms with E-state index < -0.39 is 0 Å². The normalized spacial score (nSPS) is 21.7. The van der Waals surface area contributed by atoms with Crippen molar-refractivity contribution in [1.29, 1.82) is 0 Å². The molecule has 0 unspecified atom stereocenters. The molecule has 1 fully saturated rings. The van der Waals surface area contributed by atoms with Crippen molar-refractivity contribution in [3.05, 3.63) is 35.9 Å². The fourth-order valence-corrected chi connectivity index (χ4v) is 3.54. The van der Waals surface area contributed by atoms with E-state index in [0.717, 1.165) is 26.1 Å². The van der Waals surface area contributed by atoms with Crippen molar-refractivity contribution in [3.63, 3.8) is 0 Å². The van der Waals surface area contributed by atoms with E-state index in [4.69, 9.17) is 0 Å². The van der Waals surface area contributed by atoms with Gasteiger partial charge in [-0.1, -0.05) is 37.3 Å². The Hall–Kier alpha value is -1.43. The molecular formula is C20H33N3O2. The molecule has 25 heavy (non-hydrogen) atoms. The topological polar surface area (TPSA) is 55.8 Å². The lowest BCUT2D eigenvalue weighted by atomic mass is 9.96. The van der Waals surface area contributed by atoms with Gasteiger partial charge in [0.1, 0.15) is 0 Å². The molecule has 140 valence electrons. The molecule has 0 aromatic heterocycles. The van der Waals surface area contributed by atoms with Crippen molar-refractivity contribution < 1.29 is 9.90 Å². The first-order valence-electron chi connectivity index (χ1n) is 9.45. The Labute approximate surface area is 152 Å². The van der Waals surface area contributed by atoms with Crippen molar-refractivity contribution in [2.24, 2.45) is 0 Å². The lowest BCUT2D eigenvalue weighted by Gasteiger charge is -2.40. The molecule has 1 aliphatic rings. The van der Waals surface area contributed by atoms with Gasteiger partial charge in [0.2, 0.25) is 5.91 Å². The van der Waals surface area contributed by atoms with Crippen LogP contribution in [-0.2, 0) is 4.79 Å². The highest BCUT2D eigenvalue weighted by molar-refractivity contribution is 5.78. The van der Waals surface area contributed by atoms with Crippen molar-refractivity contribution >= 4 is 5.91 Å². The summed E-state index contributed by atoms with van der Waals surface area (Å²) in [5.74, 6) is 0.470. The van der Waals surface area contributed by atoms with Gasteiger partial charge >= 0.3 is 0 Å². The second-order valence-corrected chi connectivity index (χ2v) is 7.25. The lowest BCUT2D eigenvalue weighted by molar-refractivity contribution is -0.123. The molecule has 5 nitrogen and oxygen atoms in total. The minimum Gasteiger partial charge on any atom is -0.392 e. The zero-order chi connectivity index (χ0) is 18.2. The summed E-state index contributed by atoms with van der Waals surface area (Å²) >= 11 is 0. The summed E-state index contributed by atoms with van der Waals surface area (Å²) in [5, 5.41) is 12.7. The number of amides is 1. The van der Waals surface area contributed by atoms with Gasteiger partial charge in [0.15, 0.2) is 0 Å². The highest BCUT2D eigenvalue weighted by Gasteiger charge is 2.25. The molecule has 0 bridgehead atoms. The van der Waals surface area contributed by atoms with E-state index >= 15 is 0 Å². The first kappa shape index (κ1) is 19.9. The second-order valence-electron chi connectivity index (χ2n) is 7.25. The first-order chi connectivity index (χ1) is 12.0. The maximum Gasteiger partial charge on any atom is 0.234 e.